The molecule has 0 fully saturated rings. The van der Waals surface area contributed by atoms with Crippen LogP contribution in [0.3, 0.4) is 0 Å². The van der Waals surface area contributed by atoms with Crippen molar-refractivity contribution in [1.82, 2.24) is 4.98 Å². The summed E-state index contributed by atoms with van der Waals surface area (Å²) in [5.74, 6) is 0. The van der Waals surface area contributed by atoms with Gasteiger partial charge in [-0.1, -0.05) is 0 Å². The van der Waals surface area contributed by atoms with Crippen molar-refractivity contribution in [2.75, 3.05) is 0 Å². The molecule has 2 aromatic rings. The number of nitrogens with one attached hydrogen (secondary N) is 1. The molecule has 1 heterocycles. The minimum absolute atomic E-state index is 0. The first-order valence-electron chi connectivity index (χ1n) is 5.46. The molecule has 92 valence electrons. The van der Waals surface area contributed by atoms with Gasteiger partial charge in [0.2, 0.25) is 0 Å². The van der Waals surface area contributed by atoms with Gasteiger partial charge in [-0.2, -0.15) is 0 Å². The molecule has 18 heavy (non-hydrogen) atoms. The van der Waals surface area contributed by atoms with Gasteiger partial charge < -0.3 is 24.8 Å². The summed E-state index contributed by atoms with van der Waals surface area (Å²) < 4.78 is 1.93. The molecule has 1 aromatic heterocycles. The number of aromatic nitrogens is 1. The maximum Gasteiger partial charge on any atom is -1.00 e. The predicted octanol–water partition coefficient (Wildman–Crippen LogP) is -3.53. The van der Waals surface area contributed by atoms with Crippen LogP contribution in [0.2, 0.25) is 0 Å². The Hall–Kier alpha value is -0.596. The van der Waals surface area contributed by atoms with E-state index >= 15 is 0 Å². The van der Waals surface area contributed by atoms with Gasteiger partial charge >= 0.3 is 101 Å². The maximum atomic E-state index is 4.45. The first kappa shape index (κ1) is 15.5. The minimum Gasteiger partial charge on any atom is -1.00 e. The number of benzene rings is 1. The van der Waals surface area contributed by atoms with Crippen molar-refractivity contribution >= 4 is 14.9 Å². The first-order chi connectivity index (χ1) is 7.86. The number of rotatable bonds is 2. The van der Waals surface area contributed by atoms with Gasteiger partial charge in [0.05, 0.1) is 0 Å². The topological polar surface area (TPSA) is 15.8 Å². The molecule has 0 spiro atoms. The number of hydrogen-bond acceptors (Lipinski definition) is 0. The second-order valence-electron chi connectivity index (χ2n) is 4.07. The quantitative estimate of drug-likeness (QED) is 0.553. The Morgan fingerprint density at radius 3 is 2.56 bits per heavy atom. The van der Waals surface area contributed by atoms with Crippen molar-refractivity contribution in [1.29, 1.82) is 0 Å². The van der Waals surface area contributed by atoms with Crippen molar-refractivity contribution in [2.24, 2.45) is 0 Å². The zero-order chi connectivity index (χ0) is 11.0. The fraction of sp³-hybridized carbons (Fsp3) is 0.0714. The Morgan fingerprint density at radius 2 is 1.83 bits per heavy atom. The van der Waals surface area contributed by atoms with Crippen LogP contribution in [0.15, 0.2) is 48.7 Å². The average molecular weight is 314 g/mol. The molecule has 3 rings (SSSR count). The van der Waals surface area contributed by atoms with Crippen LogP contribution in [0.5, 0.6) is 0 Å². The summed E-state index contributed by atoms with van der Waals surface area (Å²) in [6, 6.07) is 12.9. The second-order valence-corrected chi connectivity index (χ2v) is 7.53. The standard InChI is InChI=1S/C9H7.C4H4N.CH2.2ClH.Ti/c1-2-5-9-7-3-6-8(9)4-1;1-2-4-5-3-1;;;;/h1-7H;1-3,5H;1H2;2*1H;/q;;;;;+2/p-2. The second kappa shape index (κ2) is 6.54. The predicted molar refractivity (Wildman–Crippen MR) is 65.8 cm³/mol. The summed E-state index contributed by atoms with van der Waals surface area (Å²) in [4.78, 5) is 7.77. The fourth-order valence-electron chi connectivity index (χ4n) is 2.25. The number of hydrogen-bond donors (Lipinski definition) is 1. The van der Waals surface area contributed by atoms with E-state index in [1.807, 2.05) is 6.20 Å². The van der Waals surface area contributed by atoms with E-state index < -0.39 is 17.4 Å². The summed E-state index contributed by atoms with van der Waals surface area (Å²) in [5.41, 5.74) is 2.83. The summed E-state index contributed by atoms with van der Waals surface area (Å²) in [5, 5.41) is 0. The van der Waals surface area contributed by atoms with Crippen molar-refractivity contribution in [3.8, 4) is 0 Å². The van der Waals surface area contributed by atoms with E-state index in [4.69, 9.17) is 0 Å². The number of allylic oxidation sites excluding steroid dienone is 1. The first-order valence-corrected chi connectivity index (χ1v) is 8.24. The van der Waals surface area contributed by atoms with Crippen molar-refractivity contribution in [3.63, 3.8) is 0 Å². The molecule has 0 saturated heterocycles. The SMILES string of the molecule is [CH2]=[Ti+2]([c]1ccc[nH]1)[CH]1C=Cc2ccccc21.[Cl-].[Cl-]. The molecule has 1 N–H and O–H groups in total. The molecule has 0 radical (unpaired) electrons. The molecular formula is C14H13Cl2NTi. The third kappa shape index (κ3) is 2.70. The molecule has 0 saturated carbocycles. The molecule has 1 nitrogen and oxygen atoms in total. The summed E-state index contributed by atoms with van der Waals surface area (Å²) >= 11 is -1.48. The number of fused-ring (bicyclic) bond motifs is 1. The monoisotopic (exact) mass is 313 g/mol. The Kier molecular flexibility index (Phi) is 5.61. The van der Waals surface area contributed by atoms with Gasteiger partial charge in [0.1, 0.15) is 0 Å². The average Bonchev–Trinajstić information content (AvgIpc) is 2.98. The van der Waals surface area contributed by atoms with Crippen LogP contribution in [0.4, 0.5) is 0 Å². The third-order valence-corrected chi connectivity index (χ3v) is 6.64. The van der Waals surface area contributed by atoms with E-state index in [0.29, 0.717) is 4.22 Å². The smallest absolute Gasteiger partial charge is 1.00 e. The van der Waals surface area contributed by atoms with Crippen LogP contribution in [0, 0.1) is 0 Å². The van der Waals surface area contributed by atoms with Crippen LogP contribution < -0.4 is 28.8 Å². The Balaban J connectivity index is 0.000000810. The number of aromatic amines is 1. The Labute approximate surface area is 125 Å². The number of halogens is 2. The molecule has 1 unspecified atom stereocenters. The molecule has 4 heteroatoms. The van der Waals surface area contributed by atoms with Crippen molar-refractivity contribution in [2.45, 2.75) is 4.22 Å². The summed E-state index contributed by atoms with van der Waals surface area (Å²) in [6.45, 7) is 0. The maximum absolute atomic E-state index is 4.45. The van der Waals surface area contributed by atoms with Crippen LogP contribution >= 0.6 is 0 Å². The van der Waals surface area contributed by atoms with E-state index in [1.54, 1.807) is 0 Å². The molecule has 0 bridgehead atoms. The molecule has 1 atom stereocenters. The molecule has 1 aliphatic carbocycles. The zero-order valence-electron chi connectivity index (χ0n) is 9.74. The van der Waals surface area contributed by atoms with Gasteiger partial charge in [0.15, 0.2) is 0 Å². The van der Waals surface area contributed by atoms with Crippen LogP contribution in [-0.4, -0.2) is 9.80 Å². The molecule has 1 aliphatic rings. The van der Waals surface area contributed by atoms with E-state index in [2.05, 4.69) is 58.4 Å². The van der Waals surface area contributed by atoms with Gasteiger partial charge in [-0.25, -0.2) is 0 Å². The Bertz CT molecular complexity index is 561. The summed E-state index contributed by atoms with van der Waals surface area (Å²) in [7, 11) is 0. The van der Waals surface area contributed by atoms with Gasteiger partial charge in [-0.05, 0) is 0 Å². The van der Waals surface area contributed by atoms with E-state index in [9.17, 15) is 0 Å². The van der Waals surface area contributed by atoms with Crippen LogP contribution in [0.1, 0.15) is 15.3 Å². The molecule has 0 aliphatic heterocycles. The van der Waals surface area contributed by atoms with Crippen molar-refractivity contribution in [3.05, 3.63) is 59.8 Å². The van der Waals surface area contributed by atoms with Gasteiger partial charge in [0, 0.05) is 0 Å². The number of H-pyrrole nitrogens is 1. The van der Waals surface area contributed by atoms with Gasteiger partial charge in [-0.3, -0.25) is 0 Å². The normalized spacial score (nSPS) is 14.9. The van der Waals surface area contributed by atoms with Crippen molar-refractivity contribution < 1.29 is 42.2 Å². The van der Waals surface area contributed by atoms with E-state index in [-0.39, 0.29) is 24.8 Å². The largest absolute Gasteiger partial charge is 1.00 e. The van der Waals surface area contributed by atoms with E-state index in [0.717, 1.165) is 0 Å². The van der Waals surface area contributed by atoms with E-state index in [1.165, 1.54) is 15.1 Å². The zero-order valence-corrected chi connectivity index (χ0v) is 12.8. The van der Waals surface area contributed by atoms with Crippen LogP contribution in [-0.2, 0) is 17.4 Å². The molecular weight excluding hydrogens is 301 g/mol. The van der Waals surface area contributed by atoms with Crippen LogP contribution in [0.25, 0.3) is 6.08 Å². The fourth-order valence-corrected chi connectivity index (χ4v) is 5.19. The third-order valence-electron chi connectivity index (χ3n) is 3.12. The minimum atomic E-state index is -1.48. The molecule has 1 aromatic carbocycles. The Morgan fingerprint density at radius 1 is 1.06 bits per heavy atom. The van der Waals surface area contributed by atoms with Gasteiger partial charge in [0.25, 0.3) is 0 Å². The summed E-state index contributed by atoms with van der Waals surface area (Å²) in [6.07, 6.45) is 6.56. The van der Waals surface area contributed by atoms with Gasteiger partial charge in [-0.15, -0.1) is 0 Å². The molecule has 0 amide bonds.